The number of hydrogen-bond acceptors (Lipinski definition) is 2. The number of aromatic nitrogens is 1. The molecule has 0 radical (unpaired) electrons. The van der Waals surface area contributed by atoms with Gasteiger partial charge in [-0.1, -0.05) is 6.08 Å². The number of carbonyl (C=O) groups is 1. The first-order valence-electron chi connectivity index (χ1n) is 7.73. The Bertz CT molecular complexity index is 581. The molecule has 106 valence electrons. The molecule has 0 spiro atoms. The van der Waals surface area contributed by atoms with Gasteiger partial charge in [-0.25, -0.2) is 0 Å². The largest absolute Gasteiger partial charge is 0.352 e. The van der Waals surface area contributed by atoms with Crippen molar-refractivity contribution in [3.63, 3.8) is 0 Å². The fourth-order valence-corrected chi connectivity index (χ4v) is 3.32. The van der Waals surface area contributed by atoms with Gasteiger partial charge in [0.15, 0.2) is 0 Å². The lowest BCUT2D eigenvalue weighted by molar-refractivity contribution is 0.0951. The zero-order valence-corrected chi connectivity index (χ0v) is 11.7. The van der Waals surface area contributed by atoms with Crippen LogP contribution >= 0.6 is 0 Å². The maximum atomic E-state index is 12.4. The minimum atomic E-state index is 0.127. The zero-order valence-electron chi connectivity index (χ0n) is 11.7. The van der Waals surface area contributed by atoms with Crippen molar-refractivity contribution < 1.29 is 4.79 Å². The molecule has 2 N–H and O–H groups in total. The van der Waals surface area contributed by atoms with Gasteiger partial charge in [-0.05, 0) is 42.7 Å². The van der Waals surface area contributed by atoms with Gasteiger partial charge in [0.2, 0.25) is 0 Å². The van der Waals surface area contributed by atoms with E-state index in [4.69, 9.17) is 0 Å². The Hall–Kier alpha value is -1.55. The third kappa shape index (κ3) is 2.08. The van der Waals surface area contributed by atoms with Crippen LogP contribution in [0.25, 0.3) is 5.57 Å². The summed E-state index contributed by atoms with van der Waals surface area (Å²) >= 11 is 0. The van der Waals surface area contributed by atoms with Crippen LogP contribution in [0.1, 0.15) is 40.9 Å². The van der Waals surface area contributed by atoms with Crippen molar-refractivity contribution in [2.75, 3.05) is 19.6 Å². The number of nitrogens with one attached hydrogen (secondary N) is 2. The molecule has 0 atom stereocenters. The van der Waals surface area contributed by atoms with Gasteiger partial charge in [0, 0.05) is 38.1 Å². The van der Waals surface area contributed by atoms with Gasteiger partial charge < -0.3 is 15.2 Å². The summed E-state index contributed by atoms with van der Waals surface area (Å²) in [4.78, 5) is 12.4. The quantitative estimate of drug-likeness (QED) is 0.876. The lowest BCUT2D eigenvalue weighted by atomic mass is 9.94. The van der Waals surface area contributed by atoms with Gasteiger partial charge >= 0.3 is 0 Å². The van der Waals surface area contributed by atoms with E-state index in [0.717, 1.165) is 50.5 Å². The Kier molecular flexibility index (Phi) is 2.91. The van der Waals surface area contributed by atoms with Gasteiger partial charge in [0.1, 0.15) is 0 Å². The van der Waals surface area contributed by atoms with Crippen molar-refractivity contribution in [1.29, 1.82) is 0 Å². The molecule has 0 unspecified atom stereocenters. The predicted octanol–water partition coefficient (Wildman–Crippen LogP) is 1.56. The summed E-state index contributed by atoms with van der Waals surface area (Å²) in [6.45, 7) is 3.71. The smallest absolute Gasteiger partial charge is 0.253 e. The second kappa shape index (κ2) is 4.77. The number of hydrogen-bond donors (Lipinski definition) is 2. The van der Waals surface area contributed by atoms with Crippen LogP contribution in [0.4, 0.5) is 0 Å². The molecule has 4 rings (SSSR count). The van der Waals surface area contributed by atoms with Crippen LogP contribution in [0.5, 0.6) is 0 Å². The van der Waals surface area contributed by atoms with Gasteiger partial charge in [0.05, 0.1) is 5.56 Å². The maximum absolute atomic E-state index is 12.4. The Morgan fingerprint density at radius 3 is 3.20 bits per heavy atom. The molecule has 4 heteroatoms. The van der Waals surface area contributed by atoms with Gasteiger partial charge in [-0.2, -0.15) is 0 Å². The minimum Gasteiger partial charge on any atom is -0.352 e. The average Bonchev–Trinajstić information content (AvgIpc) is 3.24. The van der Waals surface area contributed by atoms with E-state index in [9.17, 15) is 4.79 Å². The highest BCUT2D eigenvalue weighted by Gasteiger charge is 2.27. The van der Waals surface area contributed by atoms with Gasteiger partial charge in [-0.15, -0.1) is 0 Å². The number of amides is 1. The molecule has 1 amide bonds. The molecular formula is C16H21N3O. The third-order valence-electron chi connectivity index (χ3n) is 4.61. The Morgan fingerprint density at radius 2 is 2.35 bits per heavy atom. The van der Waals surface area contributed by atoms with E-state index in [1.54, 1.807) is 0 Å². The van der Waals surface area contributed by atoms with Gasteiger partial charge in [0.25, 0.3) is 5.91 Å². The first-order chi connectivity index (χ1) is 9.83. The number of nitrogens with zero attached hydrogens (tertiary/aromatic N) is 1. The lowest BCUT2D eigenvalue weighted by Gasteiger charge is -2.15. The number of rotatable bonds is 3. The standard InChI is InChI=1S/C16H21N3O/c20-16(18-8-11-4-5-11)14-10-19-7-6-17-9-12-2-1-3-13(14)15(12)19/h2,10-11,17H,1,3-9H2,(H,18,20). The van der Waals surface area contributed by atoms with Crippen molar-refractivity contribution in [2.45, 2.75) is 32.2 Å². The van der Waals surface area contributed by atoms with E-state index in [0.29, 0.717) is 0 Å². The SMILES string of the molecule is O=C(NCC1CC1)c1cn2c3c1CCC=C3CNCC2. The number of allylic oxidation sites excluding steroid dienone is 1. The Labute approximate surface area is 119 Å². The van der Waals surface area contributed by atoms with E-state index in [1.807, 2.05) is 0 Å². The Morgan fingerprint density at radius 1 is 1.45 bits per heavy atom. The molecule has 4 nitrogen and oxygen atoms in total. The van der Waals surface area contributed by atoms with E-state index in [1.165, 1.54) is 29.7 Å². The van der Waals surface area contributed by atoms with Crippen molar-refractivity contribution in [1.82, 2.24) is 15.2 Å². The van der Waals surface area contributed by atoms with Crippen LogP contribution in [0.15, 0.2) is 12.3 Å². The van der Waals surface area contributed by atoms with E-state index < -0.39 is 0 Å². The molecule has 2 aliphatic carbocycles. The van der Waals surface area contributed by atoms with Crippen molar-refractivity contribution in [3.8, 4) is 0 Å². The molecule has 1 aromatic rings. The van der Waals surface area contributed by atoms with Crippen molar-refractivity contribution in [2.24, 2.45) is 5.92 Å². The van der Waals surface area contributed by atoms with Crippen LogP contribution in [0, 0.1) is 5.92 Å². The van der Waals surface area contributed by atoms with Crippen LogP contribution in [-0.4, -0.2) is 30.1 Å². The first-order valence-corrected chi connectivity index (χ1v) is 7.73. The Balaban J connectivity index is 1.66. The summed E-state index contributed by atoms with van der Waals surface area (Å²) in [7, 11) is 0. The highest BCUT2D eigenvalue weighted by Crippen LogP contribution is 2.32. The molecule has 0 bridgehead atoms. The summed E-state index contributed by atoms with van der Waals surface area (Å²) in [6.07, 6.45) is 8.99. The molecule has 1 aromatic heterocycles. The topological polar surface area (TPSA) is 46.1 Å². The van der Waals surface area contributed by atoms with Crippen LogP contribution in [-0.2, 0) is 13.0 Å². The third-order valence-corrected chi connectivity index (χ3v) is 4.61. The average molecular weight is 271 g/mol. The fourth-order valence-electron chi connectivity index (χ4n) is 3.32. The lowest BCUT2D eigenvalue weighted by Crippen LogP contribution is -2.26. The first kappa shape index (κ1) is 12.2. The van der Waals surface area contributed by atoms with E-state index in [-0.39, 0.29) is 5.91 Å². The van der Waals surface area contributed by atoms with E-state index >= 15 is 0 Å². The van der Waals surface area contributed by atoms with E-state index in [2.05, 4.69) is 27.5 Å². The summed E-state index contributed by atoms with van der Waals surface area (Å²) in [6, 6.07) is 0. The highest BCUT2D eigenvalue weighted by molar-refractivity contribution is 5.97. The minimum absolute atomic E-state index is 0.127. The summed E-state index contributed by atoms with van der Waals surface area (Å²) in [5.74, 6) is 0.858. The maximum Gasteiger partial charge on any atom is 0.253 e. The summed E-state index contributed by atoms with van der Waals surface area (Å²) < 4.78 is 2.27. The van der Waals surface area contributed by atoms with Crippen LogP contribution in [0.3, 0.4) is 0 Å². The van der Waals surface area contributed by atoms with Crippen LogP contribution in [0.2, 0.25) is 0 Å². The summed E-state index contributed by atoms with van der Waals surface area (Å²) in [5, 5.41) is 6.56. The van der Waals surface area contributed by atoms with Crippen molar-refractivity contribution >= 4 is 11.5 Å². The second-order valence-electron chi connectivity index (χ2n) is 6.16. The number of carbonyl (C=O) groups excluding carboxylic acids is 1. The fraction of sp³-hybridized carbons (Fsp3) is 0.562. The summed E-state index contributed by atoms with van der Waals surface area (Å²) in [5.41, 5.74) is 4.84. The monoisotopic (exact) mass is 271 g/mol. The molecule has 1 aliphatic heterocycles. The van der Waals surface area contributed by atoms with Crippen molar-refractivity contribution in [3.05, 3.63) is 29.1 Å². The molecule has 1 fully saturated rings. The normalized spacial score (nSPS) is 20.9. The van der Waals surface area contributed by atoms with Crippen LogP contribution < -0.4 is 10.6 Å². The molecule has 1 saturated carbocycles. The van der Waals surface area contributed by atoms with Gasteiger partial charge in [-0.3, -0.25) is 4.79 Å². The molecule has 20 heavy (non-hydrogen) atoms. The second-order valence-corrected chi connectivity index (χ2v) is 6.16. The zero-order chi connectivity index (χ0) is 13.5. The molecule has 2 heterocycles. The molecule has 3 aliphatic rings. The predicted molar refractivity (Wildman–Crippen MR) is 78.7 cm³/mol. The molecule has 0 aromatic carbocycles. The molecule has 0 saturated heterocycles. The highest BCUT2D eigenvalue weighted by atomic mass is 16.1. The molecular weight excluding hydrogens is 250 g/mol.